The van der Waals surface area contributed by atoms with Gasteiger partial charge >= 0.3 is 0 Å². The molecule has 2 amide bonds. The number of carbonyl (C=O) groups is 2. The summed E-state index contributed by atoms with van der Waals surface area (Å²) < 4.78 is 35.1. The number of para-hydroxylation sites is 1. The maximum Gasteiger partial charge on any atom is 0.264 e. The van der Waals surface area contributed by atoms with Crippen molar-refractivity contribution in [1.29, 1.82) is 0 Å². The van der Waals surface area contributed by atoms with Gasteiger partial charge in [0.05, 0.1) is 10.6 Å². The van der Waals surface area contributed by atoms with Crippen LogP contribution in [-0.2, 0) is 26.2 Å². The molecule has 0 heterocycles. The molecular weight excluding hydrogens is 562 g/mol. The number of sulfonamides is 1. The zero-order valence-electron chi connectivity index (χ0n) is 24.9. The Balaban J connectivity index is 1.72. The van der Waals surface area contributed by atoms with Gasteiger partial charge in [-0.2, -0.15) is 0 Å². The van der Waals surface area contributed by atoms with E-state index in [2.05, 4.69) is 5.32 Å². The molecule has 0 aliphatic carbocycles. The summed E-state index contributed by atoms with van der Waals surface area (Å²) in [5, 5.41) is 2.64. The summed E-state index contributed by atoms with van der Waals surface area (Å²) in [7, 11) is -2.64. The molecular formula is C34H37N3O5S. The highest BCUT2D eigenvalue weighted by atomic mass is 32.2. The van der Waals surface area contributed by atoms with Crippen molar-refractivity contribution in [2.45, 2.75) is 44.7 Å². The van der Waals surface area contributed by atoms with Crippen molar-refractivity contribution in [2.24, 2.45) is 0 Å². The number of amides is 2. The molecule has 0 unspecified atom stereocenters. The summed E-state index contributed by atoms with van der Waals surface area (Å²) in [5.41, 5.74) is 3.09. The molecule has 0 saturated carbocycles. The average Bonchev–Trinajstić information content (AvgIpc) is 3.01. The van der Waals surface area contributed by atoms with Crippen LogP contribution in [0.2, 0.25) is 0 Å². The Morgan fingerprint density at radius 2 is 1.35 bits per heavy atom. The van der Waals surface area contributed by atoms with Gasteiger partial charge in [-0.3, -0.25) is 13.9 Å². The SMILES string of the molecule is CC[C@@H](C(=O)NC)N(Cc1ccc(C)cc1)C(=O)CN(c1ccc(Oc2ccccc2)cc1)S(=O)(=O)c1ccc(C)cc1. The predicted molar refractivity (Wildman–Crippen MR) is 169 cm³/mol. The van der Waals surface area contributed by atoms with Gasteiger partial charge in [-0.15, -0.1) is 0 Å². The number of anilines is 1. The van der Waals surface area contributed by atoms with Crippen LogP contribution in [0.25, 0.3) is 0 Å². The number of nitrogens with one attached hydrogen (secondary N) is 1. The van der Waals surface area contributed by atoms with Gasteiger partial charge in [-0.1, -0.05) is 72.6 Å². The van der Waals surface area contributed by atoms with E-state index in [9.17, 15) is 18.0 Å². The number of ether oxygens (including phenoxy) is 1. The van der Waals surface area contributed by atoms with Crippen LogP contribution in [0, 0.1) is 13.8 Å². The van der Waals surface area contributed by atoms with E-state index in [0.29, 0.717) is 17.9 Å². The Labute approximate surface area is 254 Å². The van der Waals surface area contributed by atoms with Crippen molar-refractivity contribution in [2.75, 3.05) is 17.9 Å². The second-order valence-electron chi connectivity index (χ2n) is 10.3. The Morgan fingerprint density at radius 1 is 0.791 bits per heavy atom. The monoisotopic (exact) mass is 599 g/mol. The molecule has 8 nitrogen and oxygen atoms in total. The maximum absolute atomic E-state index is 14.1. The number of carbonyl (C=O) groups excluding carboxylic acids is 2. The molecule has 0 fully saturated rings. The standard InChI is InChI=1S/C34H37N3O5S/c1-5-32(34(39)35-4)36(23-27-15-11-25(2)12-16-27)33(38)24-37(43(40,41)31-21-13-26(3)14-22-31)28-17-19-30(20-18-28)42-29-9-7-6-8-10-29/h6-22,32H,5,23-24H2,1-4H3,(H,35,39)/t32-/m0/s1. The van der Waals surface area contributed by atoms with Crippen LogP contribution in [0.4, 0.5) is 5.69 Å². The van der Waals surface area contributed by atoms with E-state index in [0.717, 1.165) is 21.0 Å². The van der Waals surface area contributed by atoms with Gasteiger partial charge in [0.1, 0.15) is 24.1 Å². The summed E-state index contributed by atoms with van der Waals surface area (Å²) in [6.45, 7) is 5.30. The summed E-state index contributed by atoms with van der Waals surface area (Å²) in [6.07, 6.45) is 0.355. The highest BCUT2D eigenvalue weighted by Crippen LogP contribution is 2.29. The fraction of sp³-hybridized carbons (Fsp3) is 0.235. The van der Waals surface area contributed by atoms with Crippen molar-refractivity contribution in [3.8, 4) is 11.5 Å². The van der Waals surface area contributed by atoms with E-state index in [1.165, 1.54) is 24.1 Å². The number of nitrogens with zero attached hydrogens (tertiary/aromatic N) is 2. The van der Waals surface area contributed by atoms with Gasteiger partial charge in [-0.25, -0.2) is 8.42 Å². The highest BCUT2D eigenvalue weighted by molar-refractivity contribution is 7.92. The number of hydrogen-bond acceptors (Lipinski definition) is 5. The highest BCUT2D eigenvalue weighted by Gasteiger charge is 2.33. The zero-order chi connectivity index (χ0) is 31.0. The molecule has 224 valence electrons. The third kappa shape index (κ3) is 7.81. The summed E-state index contributed by atoms with van der Waals surface area (Å²) in [6, 6.07) is 29.1. The minimum atomic E-state index is -4.16. The van der Waals surface area contributed by atoms with Crippen molar-refractivity contribution in [3.05, 3.63) is 120 Å². The number of benzene rings is 4. The topological polar surface area (TPSA) is 96.0 Å². The Hall–Kier alpha value is -4.63. The maximum atomic E-state index is 14.1. The first kappa shape index (κ1) is 31.3. The van der Waals surface area contributed by atoms with Crippen LogP contribution in [0.15, 0.2) is 108 Å². The third-order valence-corrected chi connectivity index (χ3v) is 8.89. The Bertz CT molecular complexity index is 1620. The van der Waals surface area contributed by atoms with E-state index in [1.54, 1.807) is 36.4 Å². The molecule has 0 saturated heterocycles. The Morgan fingerprint density at radius 3 is 1.91 bits per heavy atom. The van der Waals surface area contributed by atoms with Gasteiger partial charge in [-0.05, 0) is 74.4 Å². The molecule has 0 spiro atoms. The second kappa shape index (κ2) is 14.0. The molecule has 0 radical (unpaired) electrons. The molecule has 9 heteroatoms. The van der Waals surface area contributed by atoms with Gasteiger partial charge in [0, 0.05) is 13.6 Å². The van der Waals surface area contributed by atoms with Crippen LogP contribution in [-0.4, -0.2) is 44.8 Å². The van der Waals surface area contributed by atoms with Gasteiger partial charge in [0.2, 0.25) is 11.8 Å². The first-order chi connectivity index (χ1) is 20.6. The van der Waals surface area contributed by atoms with E-state index >= 15 is 0 Å². The van der Waals surface area contributed by atoms with E-state index < -0.39 is 28.5 Å². The normalized spacial score (nSPS) is 11.8. The van der Waals surface area contributed by atoms with Crippen molar-refractivity contribution in [3.63, 3.8) is 0 Å². The van der Waals surface area contributed by atoms with Crippen LogP contribution in [0.3, 0.4) is 0 Å². The van der Waals surface area contributed by atoms with Crippen molar-refractivity contribution < 1.29 is 22.7 Å². The quantitative estimate of drug-likeness (QED) is 0.221. The second-order valence-corrected chi connectivity index (χ2v) is 12.1. The lowest BCUT2D eigenvalue weighted by Gasteiger charge is -2.33. The fourth-order valence-electron chi connectivity index (χ4n) is 4.65. The number of likely N-dealkylation sites (N-methyl/N-ethyl adjacent to an activating group) is 1. The third-order valence-electron chi connectivity index (χ3n) is 7.10. The molecule has 0 aliphatic rings. The number of hydrogen-bond donors (Lipinski definition) is 1. The molecule has 1 N–H and O–H groups in total. The van der Waals surface area contributed by atoms with Gasteiger partial charge in [0.25, 0.3) is 10.0 Å². The minimum Gasteiger partial charge on any atom is -0.457 e. The Kier molecular flexibility index (Phi) is 10.2. The molecule has 0 aromatic heterocycles. The molecule has 0 bridgehead atoms. The van der Waals surface area contributed by atoms with E-state index in [1.807, 2.05) is 75.4 Å². The number of rotatable bonds is 12. The molecule has 43 heavy (non-hydrogen) atoms. The van der Waals surface area contributed by atoms with Crippen LogP contribution in [0.1, 0.15) is 30.0 Å². The smallest absolute Gasteiger partial charge is 0.264 e. The van der Waals surface area contributed by atoms with Crippen molar-refractivity contribution in [1.82, 2.24) is 10.2 Å². The van der Waals surface area contributed by atoms with Crippen LogP contribution >= 0.6 is 0 Å². The number of aryl methyl sites for hydroxylation is 2. The average molecular weight is 600 g/mol. The summed E-state index contributed by atoms with van der Waals surface area (Å²) in [5.74, 6) is 0.330. The largest absolute Gasteiger partial charge is 0.457 e. The van der Waals surface area contributed by atoms with Gasteiger partial charge in [0.15, 0.2) is 0 Å². The molecule has 4 rings (SSSR count). The molecule has 4 aromatic carbocycles. The minimum absolute atomic E-state index is 0.0546. The first-order valence-corrected chi connectivity index (χ1v) is 15.6. The first-order valence-electron chi connectivity index (χ1n) is 14.1. The van der Waals surface area contributed by atoms with E-state index in [-0.39, 0.29) is 23.0 Å². The predicted octanol–water partition coefficient (Wildman–Crippen LogP) is 5.84. The summed E-state index contributed by atoms with van der Waals surface area (Å²) >= 11 is 0. The van der Waals surface area contributed by atoms with E-state index in [4.69, 9.17) is 4.74 Å². The van der Waals surface area contributed by atoms with Gasteiger partial charge < -0.3 is 15.0 Å². The van der Waals surface area contributed by atoms with Crippen LogP contribution < -0.4 is 14.4 Å². The van der Waals surface area contributed by atoms with Crippen molar-refractivity contribution >= 4 is 27.5 Å². The lowest BCUT2D eigenvalue weighted by atomic mass is 10.1. The fourth-order valence-corrected chi connectivity index (χ4v) is 6.06. The zero-order valence-corrected chi connectivity index (χ0v) is 25.7. The lowest BCUT2D eigenvalue weighted by molar-refractivity contribution is -0.140. The lowest BCUT2D eigenvalue weighted by Crippen LogP contribution is -2.51. The molecule has 0 aliphatic heterocycles. The molecule has 4 aromatic rings. The molecule has 1 atom stereocenters. The van der Waals surface area contributed by atoms with Crippen LogP contribution in [0.5, 0.6) is 11.5 Å². The summed E-state index contributed by atoms with van der Waals surface area (Å²) in [4.78, 5) is 28.5.